The fourth-order valence-electron chi connectivity index (χ4n) is 2.55. The van der Waals surface area contributed by atoms with Crippen molar-refractivity contribution in [1.29, 1.82) is 0 Å². The predicted molar refractivity (Wildman–Crippen MR) is 84.8 cm³/mol. The Labute approximate surface area is 121 Å². The van der Waals surface area contributed by atoms with E-state index in [9.17, 15) is 5.11 Å². The number of pyridine rings is 1. The summed E-state index contributed by atoms with van der Waals surface area (Å²) in [5.41, 5.74) is 2.00. The molecule has 1 heterocycles. The Bertz CT molecular complexity index is 524. The number of para-hydroxylation sites is 1. The third kappa shape index (κ3) is 4.61. The molecule has 0 fully saturated rings. The van der Waals surface area contributed by atoms with Gasteiger partial charge in [0.15, 0.2) is 0 Å². The number of aliphatic hydroxyl groups is 1. The van der Waals surface area contributed by atoms with Crippen molar-refractivity contribution in [2.45, 2.75) is 58.0 Å². The summed E-state index contributed by atoms with van der Waals surface area (Å²) in [7, 11) is 0. The molecule has 0 aliphatic carbocycles. The molecule has 0 saturated carbocycles. The van der Waals surface area contributed by atoms with Crippen LogP contribution in [0.3, 0.4) is 0 Å². The van der Waals surface area contributed by atoms with Crippen molar-refractivity contribution in [3.8, 4) is 0 Å². The van der Waals surface area contributed by atoms with Crippen LogP contribution < -0.4 is 0 Å². The second kappa shape index (κ2) is 8.01. The summed E-state index contributed by atoms with van der Waals surface area (Å²) in [6.45, 7) is 2.22. The molecular weight excluding hydrogens is 246 g/mol. The molecule has 2 nitrogen and oxygen atoms in total. The van der Waals surface area contributed by atoms with Crippen molar-refractivity contribution in [1.82, 2.24) is 4.98 Å². The molecule has 108 valence electrons. The zero-order valence-electron chi connectivity index (χ0n) is 12.4. The molecule has 0 spiro atoms. The first-order chi connectivity index (χ1) is 9.79. The lowest BCUT2D eigenvalue weighted by Crippen LogP contribution is -2.11. The molecule has 0 radical (unpaired) electrons. The molecule has 1 aromatic carbocycles. The highest BCUT2D eigenvalue weighted by molar-refractivity contribution is 5.78. The summed E-state index contributed by atoms with van der Waals surface area (Å²) in [6.07, 6.45) is 7.51. The maximum absolute atomic E-state index is 10.1. The Kier molecular flexibility index (Phi) is 6.00. The van der Waals surface area contributed by atoms with Gasteiger partial charge in [0.05, 0.1) is 11.6 Å². The molecule has 1 aromatic heterocycles. The van der Waals surface area contributed by atoms with Crippen LogP contribution in [0.5, 0.6) is 0 Å². The SMILES string of the molecule is CCCCCCCC(O)Cc1ccc2ccccc2n1. The summed E-state index contributed by atoms with van der Waals surface area (Å²) >= 11 is 0. The third-order valence-electron chi connectivity index (χ3n) is 3.74. The molecule has 1 atom stereocenters. The molecule has 0 aliphatic heterocycles. The summed E-state index contributed by atoms with van der Waals surface area (Å²) in [5, 5.41) is 11.2. The van der Waals surface area contributed by atoms with E-state index in [0.29, 0.717) is 6.42 Å². The number of fused-ring (bicyclic) bond motifs is 1. The van der Waals surface area contributed by atoms with Crippen molar-refractivity contribution in [3.05, 3.63) is 42.1 Å². The van der Waals surface area contributed by atoms with Gasteiger partial charge in [0.1, 0.15) is 0 Å². The molecule has 0 saturated heterocycles. The molecule has 1 N–H and O–H groups in total. The van der Waals surface area contributed by atoms with Crippen molar-refractivity contribution < 1.29 is 5.11 Å². The van der Waals surface area contributed by atoms with E-state index in [2.05, 4.69) is 24.0 Å². The summed E-state index contributed by atoms with van der Waals surface area (Å²) in [5.74, 6) is 0. The molecule has 2 heteroatoms. The minimum atomic E-state index is -0.259. The average molecular weight is 271 g/mol. The summed E-state index contributed by atoms with van der Waals surface area (Å²) in [6, 6.07) is 12.2. The number of benzene rings is 1. The molecule has 2 rings (SSSR count). The minimum Gasteiger partial charge on any atom is -0.393 e. The van der Waals surface area contributed by atoms with Crippen LogP contribution in [0.1, 0.15) is 51.1 Å². The third-order valence-corrected chi connectivity index (χ3v) is 3.74. The van der Waals surface area contributed by atoms with Crippen LogP contribution in [0.25, 0.3) is 10.9 Å². The first kappa shape index (κ1) is 15.0. The minimum absolute atomic E-state index is 0.259. The van der Waals surface area contributed by atoms with Gasteiger partial charge in [0.25, 0.3) is 0 Å². The predicted octanol–water partition coefficient (Wildman–Crippen LogP) is 4.50. The fraction of sp³-hybridized carbons (Fsp3) is 0.500. The molecule has 0 bridgehead atoms. The number of hydrogen-bond acceptors (Lipinski definition) is 2. The zero-order chi connectivity index (χ0) is 14.2. The van der Waals surface area contributed by atoms with E-state index < -0.39 is 0 Å². The van der Waals surface area contributed by atoms with Gasteiger partial charge in [-0.15, -0.1) is 0 Å². The lowest BCUT2D eigenvalue weighted by atomic mass is 10.0. The van der Waals surface area contributed by atoms with Gasteiger partial charge in [-0.1, -0.05) is 63.3 Å². The van der Waals surface area contributed by atoms with E-state index >= 15 is 0 Å². The summed E-state index contributed by atoms with van der Waals surface area (Å²) < 4.78 is 0. The second-order valence-corrected chi connectivity index (χ2v) is 5.56. The van der Waals surface area contributed by atoms with Crippen molar-refractivity contribution in [2.75, 3.05) is 0 Å². The standard InChI is InChI=1S/C18H25NO/c1-2-3-4-5-6-10-17(20)14-16-13-12-15-9-7-8-11-18(15)19-16/h7-9,11-13,17,20H,2-6,10,14H2,1H3. The van der Waals surface area contributed by atoms with Crippen molar-refractivity contribution >= 4 is 10.9 Å². The van der Waals surface area contributed by atoms with Gasteiger partial charge in [0, 0.05) is 17.5 Å². The first-order valence-electron chi connectivity index (χ1n) is 7.82. The van der Waals surface area contributed by atoms with Crippen molar-refractivity contribution in [2.24, 2.45) is 0 Å². The fourth-order valence-corrected chi connectivity index (χ4v) is 2.55. The largest absolute Gasteiger partial charge is 0.393 e. The van der Waals surface area contributed by atoms with E-state index in [0.717, 1.165) is 29.4 Å². The maximum Gasteiger partial charge on any atom is 0.0705 e. The van der Waals surface area contributed by atoms with Gasteiger partial charge >= 0.3 is 0 Å². The van der Waals surface area contributed by atoms with E-state index in [-0.39, 0.29) is 6.10 Å². The molecule has 0 amide bonds. The highest BCUT2D eigenvalue weighted by Crippen LogP contribution is 2.14. The van der Waals surface area contributed by atoms with Gasteiger partial charge in [-0.3, -0.25) is 4.98 Å². The number of unbranched alkanes of at least 4 members (excludes halogenated alkanes) is 4. The Morgan fingerprint density at radius 3 is 2.65 bits per heavy atom. The van der Waals surface area contributed by atoms with Crippen LogP contribution in [0, 0.1) is 0 Å². The molecular formula is C18H25NO. The van der Waals surface area contributed by atoms with E-state index in [1.165, 1.54) is 25.7 Å². The Morgan fingerprint density at radius 1 is 1.00 bits per heavy atom. The van der Waals surface area contributed by atoms with E-state index in [1.807, 2.05) is 24.3 Å². The second-order valence-electron chi connectivity index (χ2n) is 5.56. The van der Waals surface area contributed by atoms with Crippen LogP contribution in [0.15, 0.2) is 36.4 Å². The first-order valence-corrected chi connectivity index (χ1v) is 7.82. The molecule has 20 heavy (non-hydrogen) atoms. The van der Waals surface area contributed by atoms with Crippen LogP contribution in [-0.4, -0.2) is 16.2 Å². The Balaban J connectivity index is 1.81. The van der Waals surface area contributed by atoms with E-state index in [4.69, 9.17) is 0 Å². The van der Waals surface area contributed by atoms with E-state index in [1.54, 1.807) is 0 Å². The number of hydrogen-bond donors (Lipinski definition) is 1. The zero-order valence-corrected chi connectivity index (χ0v) is 12.4. The smallest absolute Gasteiger partial charge is 0.0705 e. The number of aliphatic hydroxyl groups excluding tert-OH is 1. The van der Waals surface area contributed by atoms with Gasteiger partial charge < -0.3 is 5.11 Å². The monoisotopic (exact) mass is 271 g/mol. The summed E-state index contributed by atoms with van der Waals surface area (Å²) in [4.78, 5) is 4.61. The van der Waals surface area contributed by atoms with Gasteiger partial charge in [0.2, 0.25) is 0 Å². The van der Waals surface area contributed by atoms with Crippen LogP contribution in [-0.2, 0) is 6.42 Å². The number of rotatable bonds is 8. The van der Waals surface area contributed by atoms with Gasteiger partial charge in [-0.25, -0.2) is 0 Å². The molecule has 1 unspecified atom stereocenters. The Hall–Kier alpha value is -1.41. The quantitative estimate of drug-likeness (QED) is 0.717. The van der Waals surface area contributed by atoms with Crippen LogP contribution in [0.2, 0.25) is 0 Å². The normalized spacial score (nSPS) is 12.7. The van der Waals surface area contributed by atoms with Crippen molar-refractivity contribution in [3.63, 3.8) is 0 Å². The van der Waals surface area contributed by atoms with Gasteiger partial charge in [-0.2, -0.15) is 0 Å². The average Bonchev–Trinajstić information content (AvgIpc) is 2.47. The topological polar surface area (TPSA) is 33.1 Å². The highest BCUT2D eigenvalue weighted by atomic mass is 16.3. The van der Waals surface area contributed by atoms with Crippen LogP contribution in [0.4, 0.5) is 0 Å². The molecule has 0 aliphatic rings. The highest BCUT2D eigenvalue weighted by Gasteiger charge is 2.07. The lowest BCUT2D eigenvalue weighted by Gasteiger charge is -2.10. The Morgan fingerprint density at radius 2 is 1.80 bits per heavy atom. The maximum atomic E-state index is 10.1. The van der Waals surface area contributed by atoms with Gasteiger partial charge in [-0.05, 0) is 18.6 Å². The lowest BCUT2D eigenvalue weighted by molar-refractivity contribution is 0.160. The number of nitrogens with zero attached hydrogens (tertiary/aromatic N) is 1. The van der Waals surface area contributed by atoms with Crippen LogP contribution >= 0.6 is 0 Å². The number of aromatic nitrogens is 1. The molecule has 2 aromatic rings.